The Labute approximate surface area is 145 Å². The van der Waals surface area contributed by atoms with E-state index in [2.05, 4.69) is 5.32 Å². The van der Waals surface area contributed by atoms with Crippen LogP contribution >= 0.6 is 12.4 Å². The van der Waals surface area contributed by atoms with Crippen molar-refractivity contribution in [2.45, 2.75) is 44.4 Å². The zero-order valence-electron chi connectivity index (χ0n) is 13.3. The van der Waals surface area contributed by atoms with Gasteiger partial charge in [0.15, 0.2) is 0 Å². The highest BCUT2D eigenvalue weighted by atomic mass is 35.5. The van der Waals surface area contributed by atoms with Crippen molar-refractivity contribution in [3.05, 3.63) is 29.8 Å². The zero-order valence-corrected chi connectivity index (χ0v) is 14.1. The topological polar surface area (TPSA) is 64.3 Å². The van der Waals surface area contributed by atoms with E-state index in [0.29, 0.717) is 6.42 Å². The summed E-state index contributed by atoms with van der Waals surface area (Å²) in [5.41, 5.74) is 4.96. The molecule has 3 unspecified atom stereocenters. The van der Waals surface area contributed by atoms with Gasteiger partial charge >= 0.3 is 6.18 Å². The van der Waals surface area contributed by atoms with E-state index in [1.165, 1.54) is 18.2 Å². The quantitative estimate of drug-likeness (QED) is 0.841. The largest absolute Gasteiger partial charge is 0.491 e. The molecule has 24 heavy (non-hydrogen) atoms. The molecule has 1 aromatic carbocycles. The molecule has 1 aliphatic rings. The maximum atomic E-state index is 12.9. The van der Waals surface area contributed by atoms with E-state index in [1.54, 1.807) is 6.92 Å². The van der Waals surface area contributed by atoms with Crippen molar-refractivity contribution in [2.75, 3.05) is 6.61 Å². The van der Waals surface area contributed by atoms with Crippen LogP contribution in [0.5, 0.6) is 5.75 Å². The van der Waals surface area contributed by atoms with Crippen LogP contribution in [0.25, 0.3) is 0 Å². The van der Waals surface area contributed by atoms with Crippen LogP contribution in [0.15, 0.2) is 24.3 Å². The van der Waals surface area contributed by atoms with Crippen LogP contribution in [-0.4, -0.2) is 24.6 Å². The molecular weight excluding hydrogens is 345 g/mol. The van der Waals surface area contributed by atoms with Crippen molar-refractivity contribution in [1.29, 1.82) is 0 Å². The second-order valence-corrected chi connectivity index (χ2v) is 5.98. The number of para-hydroxylation sites is 1. The molecule has 0 aliphatic heterocycles. The lowest BCUT2D eigenvalue weighted by molar-refractivity contribution is -0.139. The van der Waals surface area contributed by atoms with Crippen LogP contribution in [-0.2, 0) is 11.0 Å². The van der Waals surface area contributed by atoms with Gasteiger partial charge in [0, 0.05) is 12.0 Å². The summed E-state index contributed by atoms with van der Waals surface area (Å²) in [6.45, 7) is 1.67. The van der Waals surface area contributed by atoms with E-state index in [1.807, 2.05) is 0 Å². The number of hydrogen-bond donors (Lipinski definition) is 2. The molecule has 4 nitrogen and oxygen atoms in total. The number of benzene rings is 1. The Bertz CT molecular complexity index is 554. The molecule has 1 saturated carbocycles. The van der Waals surface area contributed by atoms with Crippen LogP contribution in [0.4, 0.5) is 13.2 Å². The number of amides is 1. The van der Waals surface area contributed by atoms with Crippen molar-refractivity contribution in [3.63, 3.8) is 0 Å². The summed E-state index contributed by atoms with van der Waals surface area (Å²) in [4.78, 5) is 12.0. The Kier molecular flexibility index (Phi) is 7.35. The first kappa shape index (κ1) is 20.6. The Morgan fingerprint density at radius 2 is 2.04 bits per heavy atom. The van der Waals surface area contributed by atoms with Crippen LogP contribution in [0.3, 0.4) is 0 Å². The zero-order chi connectivity index (χ0) is 17.0. The second-order valence-electron chi connectivity index (χ2n) is 5.98. The molecule has 3 N–H and O–H groups in total. The predicted octanol–water partition coefficient (Wildman–Crippen LogP) is 3.14. The highest BCUT2D eigenvalue weighted by Crippen LogP contribution is 2.35. The van der Waals surface area contributed by atoms with E-state index in [4.69, 9.17) is 10.5 Å². The number of nitrogens with one attached hydrogen (secondary N) is 1. The Balaban J connectivity index is 0.00000288. The number of hydrogen-bond acceptors (Lipinski definition) is 3. The van der Waals surface area contributed by atoms with Gasteiger partial charge in [0.2, 0.25) is 5.91 Å². The fourth-order valence-electron chi connectivity index (χ4n) is 2.70. The maximum absolute atomic E-state index is 12.9. The van der Waals surface area contributed by atoms with Crippen molar-refractivity contribution in [1.82, 2.24) is 5.32 Å². The first-order chi connectivity index (χ1) is 10.8. The average Bonchev–Trinajstić information content (AvgIpc) is 2.91. The molecule has 0 spiro atoms. The highest BCUT2D eigenvalue weighted by Gasteiger charge is 2.34. The van der Waals surface area contributed by atoms with Crippen molar-refractivity contribution < 1.29 is 22.7 Å². The summed E-state index contributed by atoms with van der Waals surface area (Å²) >= 11 is 0. The number of rotatable bonds is 5. The number of alkyl halides is 3. The van der Waals surface area contributed by atoms with Gasteiger partial charge in [-0.2, -0.15) is 13.2 Å². The smallest absolute Gasteiger partial charge is 0.419 e. The van der Waals surface area contributed by atoms with E-state index in [-0.39, 0.29) is 48.7 Å². The van der Waals surface area contributed by atoms with Crippen LogP contribution in [0.2, 0.25) is 0 Å². The van der Waals surface area contributed by atoms with Crippen molar-refractivity contribution in [2.24, 2.45) is 11.7 Å². The Hall–Kier alpha value is -1.47. The first-order valence-electron chi connectivity index (χ1n) is 7.62. The van der Waals surface area contributed by atoms with Crippen LogP contribution in [0.1, 0.15) is 31.7 Å². The minimum absolute atomic E-state index is 0. The minimum atomic E-state index is -4.47. The molecule has 0 aromatic heterocycles. The fraction of sp³-hybridized carbons (Fsp3) is 0.562. The monoisotopic (exact) mass is 366 g/mol. The van der Waals surface area contributed by atoms with Crippen LogP contribution in [0, 0.1) is 5.92 Å². The van der Waals surface area contributed by atoms with Gasteiger partial charge in [-0.05, 0) is 38.3 Å². The maximum Gasteiger partial charge on any atom is 0.419 e. The minimum Gasteiger partial charge on any atom is -0.491 e. The summed E-state index contributed by atoms with van der Waals surface area (Å²) in [6.07, 6.45) is -2.25. The van der Waals surface area contributed by atoms with E-state index in [0.717, 1.165) is 18.9 Å². The van der Waals surface area contributed by atoms with E-state index >= 15 is 0 Å². The van der Waals surface area contributed by atoms with E-state index < -0.39 is 11.7 Å². The summed E-state index contributed by atoms with van der Waals surface area (Å²) in [7, 11) is 0. The Morgan fingerprint density at radius 3 is 2.62 bits per heavy atom. The molecule has 0 bridgehead atoms. The summed E-state index contributed by atoms with van der Waals surface area (Å²) in [6, 6.07) is 4.70. The number of carbonyl (C=O) groups is 1. The van der Waals surface area contributed by atoms with Gasteiger partial charge < -0.3 is 15.8 Å². The standard InChI is InChI=1S/C16H21F3N2O2.ClH/c1-10(21-15(22)11-6-7-12(20)8-11)9-23-14-5-3-2-4-13(14)16(17,18)19;/h2-5,10-12H,6-9,20H2,1H3,(H,21,22);1H. The SMILES string of the molecule is CC(COc1ccccc1C(F)(F)F)NC(=O)C1CCC(N)C1.Cl. The number of carbonyl (C=O) groups excluding carboxylic acids is 1. The molecule has 8 heteroatoms. The van der Waals surface area contributed by atoms with Gasteiger partial charge in [0.05, 0.1) is 11.6 Å². The summed E-state index contributed by atoms with van der Waals surface area (Å²) < 4.78 is 43.8. The number of halogens is 4. The molecule has 0 saturated heterocycles. The molecule has 136 valence electrons. The lowest BCUT2D eigenvalue weighted by atomic mass is 10.1. The van der Waals surface area contributed by atoms with Crippen molar-refractivity contribution >= 4 is 18.3 Å². The van der Waals surface area contributed by atoms with Gasteiger partial charge in [-0.15, -0.1) is 12.4 Å². The second kappa shape index (κ2) is 8.58. The summed E-state index contributed by atoms with van der Waals surface area (Å²) in [5.74, 6) is -0.461. The molecule has 0 radical (unpaired) electrons. The van der Waals surface area contributed by atoms with Gasteiger partial charge in [0.1, 0.15) is 12.4 Å². The fourth-order valence-corrected chi connectivity index (χ4v) is 2.70. The predicted molar refractivity (Wildman–Crippen MR) is 87.1 cm³/mol. The van der Waals surface area contributed by atoms with Crippen LogP contribution < -0.4 is 15.8 Å². The highest BCUT2D eigenvalue weighted by molar-refractivity contribution is 5.85. The van der Waals surface area contributed by atoms with Gasteiger partial charge in [0.25, 0.3) is 0 Å². The molecular formula is C16H22ClF3N2O2. The third-order valence-corrected chi connectivity index (χ3v) is 3.91. The average molecular weight is 367 g/mol. The molecule has 1 aliphatic carbocycles. The lowest BCUT2D eigenvalue weighted by Crippen LogP contribution is -2.40. The third kappa shape index (κ3) is 5.56. The molecule has 1 fully saturated rings. The molecule has 1 amide bonds. The lowest BCUT2D eigenvalue weighted by Gasteiger charge is -2.19. The van der Waals surface area contributed by atoms with Gasteiger partial charge in [-0.3, -0.25) is 4.79 Å². The first-order valence-corrected chi connectivity index (χ1v) is 7.62. The number of nitrogens with two attached hydrogens (primary N) is 1. The molecule has 3 atom stereocenters. The van der Waals surface area contributed by atoms with Gasteiger partial charge in [-0.1, -0.05) is 12.1 Å². The normalized spacial score (nSPS) is 21.7. The molecule has 1 aromatic rings. The van der Waals surface area contributed by atoms with Gasteiger partial charge in [-0.25, -0.2) is 0 Å². The summed E-state index contributed by atoms with van der Waals surface area (Å²) in [5, 5.41) is 2.77. The third-order valence-electron chi connectivity index (χ3n) is 3.91. The van der Waals surface area contributed by atoms with Crippen molar-refractivity contribution in [3.8, 4) is 5.75 Å². The number of ether oxygens (including phenoxy) is 1. The van der Waals surface area contributed by atoms with E-state index in [9.17, 15) is 18.0 Å². The Morgan fingerprint density at radius 1 is 1.38 bits per heavy atom. The molecule has 0 heterocycles. The molecule has 2 rings (SSSR count).